The zero-order chi connectivity index (χ0) is 11.4. The van der Waals surface area contributed by atoms with Crippen LogP contribution in [0.3, 0.4) is 0 Å². The number of nitrogens with zero attached hydrogens (tertiary/aromatic N) is 1. The van der Waals surface area contributed by atoms with Crippen LogP contribution in [0.5, 0.6) is 5.75 Å². The normalized spacial score (nSPS) is 14.1. The molecule has 0 aliphatic rings. The van der Waals surface area contributed by atoms with Crippen molar-refractivity contribution >= 4 is 11.6 Å². The van der Waals surface area contributed by atoms with Gasteiger partial charge >= 0.3 is 0 Å². The number of benzene rings is 1. The highest BCUT2D eigenvalue weighted by Crippen LogP contribution is 2.26. The molecule has 1 aromatic carbocycles. The Morgan fingerprint density at radius 1 is 1.40 bits per heavy atom. The summed E-state index contributed by atoms with van der Waals surface area (Å²) in [5.74, 6) is 0.460. The lowest BCUT2D eigenvalue weighted by Gasteiger charge is -2.13. The van der Waals surface area contributed by atoms with E-state index in [1.54, 1.807) is 12.1 Å². The van der Waals surface area contributed by atoms with Crippen molar-refractivity contribution in [2.75, 3.05) is 7.11 Å². The van der Waals surface area contributed by atoms with Crippen LogP contribution >= 0.6 is 11.6 Å². The Hall–Kier alpha value is -1.28. The quantitative estimate of drug-likeness (QED) is 0.763. The number of ether oxygens (including phenoxy) is 1. The van der Waals surface area contributed by atoms with Gasteiger partial charge in [-0.05, 0) is 23.8 Å². The maximum Gasteiger partial charge on any atom is 0.170 e. The molecular weight excluding hydrogens is 218 g/mol. The van der Waals surface area contributed by atoms with Crippen molar-refractivity contribution < 1.29 is 14.9 Å². The highest BCUT2D eigenvalue weighted by Gasteiger charge is 2.18. The fourth-order valence-corrected chi connectivity index (χ4v) is 1.36. The number of hydrogen-bond donors (Lipinski definition) is 2. The number of methoxy groups -OCH3 is 1. The second-order valence-corrected chi connectivity index (χ2v) is 3.38. The molecule has 2 N–H and O–H groups in total. The molecule has 0 fully saturated rings. The Kier molecular flexibility index (Phi) is 3.92. The van der Waals surface area contributed by atoms with Crippen LogP contribution in [-0.4, -0.2) is 23.4 Å². The molecule has 1 aromatic rings. The largest absolute Gasteiger partial charge is 0.497 e. The summed E-state index contributed by atoms with van der Waals surface area (Å²) >= 11 is 5.77. The molecule has 0 spiro atoms. The average Bonchev–Trinajstić information content (AvgIpc) is 2.26. The Labute approximate surface area is 92.3 Å². The SMILES string of the molecule is COc1cc(Cl)cc(C(O)C(O)C#N)c1. The molecule has 0 radical (unpaired) electrons. The number of halogens is 1. The maximum atomic E-state index is 9.55. The molecule has 5 heteroatoms. The van der Waals surface area contributed by atoms with E-state index in [1.807, 2.05) is 0 Å². The summed E-state index contributed by atoms with van der Waals surface area (Å²) in [6, 6.07) is 6.09. The van der Waals surface area contributed by atoms with Crippen LogP contribution in [0, 0.1) is 11.3 Å². The predicted molar refractivity (Wildman–Crippen MR) is 54.6 cm³/mol. The molecule has 1 rings (SSSR count). The Balaban J connectivity index is 3.04. The monoisotopic (exact) mass is 227 g/mol. The number of hydrogen-bond acceptors (Lipinski definition) is 4. The Morgan fingerprint density at radius 2 is 2.07 bits per heavy atom. The molecule has 2 atom stereocenters. The van der Waals surface area contributed by atoms with Gasteiger partial charge in [-0.25, -0.2) is 0 Å². The summed E-state index contributed by atoms with van der Waals surface area (Å²) in [6.45, 7) is 0. The molecule has 0 aliphatic heterocycles. The fourth-order valence-electron chi connectivity index (χ4n) is 1.13. The van der Waals surface area contributed by atoms with E-state index >= 15 is 0 Å². The van der Waals surface area contributed by atoms with Gasteiger partial charge in [-0.2, -0.15) is 5.26 Å². The van der Waals surface area contributed by atoms with Crippen LogP contribution in [0.4, 0.5) is 0 Å². The second kappa shape index (κ2) is 4.99. The smallest absolute Gasteiger partial charge is 0.170 e. The van der Waals surface area contributed by atoms with E-state index in [0.717, 1.165) is 0 Å². The van der Waals surface area contributed by atoms with Gasteiger partial charge in [-0.15, -0.1) is 0 Å². The summed E-state index contributed by atoms with van der Waals surface area (Å²) in [7, 11) is 1.46. The third-order valence-electron chi connectivity index (χ3n) is 1.90. The Morgan fingerprint density at radius 3 is 2.60 bits per heavy atom. The third-order valence-corrected chi connectivity index (χ3v) is 2.12. The minimum Gasteiger partial charge on any atom is -0.497 e. The minimum absolute atomic E-state index is 0.341. The van der Waals surface area contributed by atoms with E-state index in [-0.39, 0.29) is 0 Å². The van der Waals surface area contributed by atoms with Crippen LogP contribution < -0.4 is 4.74 Å². The summed E-state index contributed by atoms with van der Waals surface area (Å²) in [5.41, 5.74) is 0.341. The lowest BCUT2D eigenvalue weighted by Crippen LogP contribution is -2.15. The van der Waals surface area contributed by atoms with Crippen LogP contribution in [0.15, 0.2) is 18.2 Å². The second-order valence-electron chi connectivity index (χ2n) is 2.94. The van der Waals surface area contributed by atoms with Gasteiger partial charge in [0.05, 0.1) is 13.2 Å². The van der Waals surface area contributed by atoms with Crippen molar-refractivity contribution in [1.82, 2.24) is 0 Å². The fraction of sp³-hybridized carbons (Fsp3) is 0.300. The standard InChI is InChI=1S/C10H10ClNO3/c1-15-8-3-6(2-7(11)4-8)10(14)9(13)5-12/h2-4,9-10,13-14H,1H3. The molecule has 0 aliphatic carbocycles. The van der Waals surface area contributed by atoms with Crippen molar-refractivity contribution in [3.05, 3.63) is 28.8 Å². The zero-order valence-corrected chi connectivity index (χ0v) is 8.77. The van der Waals surface area contributed by atoms with Crippen molar-refractivity contribution in [2.45, 2.75) is 12.2 Å². The van der Waals surface area contributed by atoms with Crippen molar-refractivity contribution in [2.24, 2.45) is 0 Å². The van der Waals surface area contributed by atoms with Gasteiger partial charge in [-0.3, -0.25) is 0 Å². The molecule has 2 unspecified atom stereocenters. The Bertz CT molecular complexity index is 389. The highest BCUT2D eigenvalue weighted by atomic mass is 35.5. The zero-order valence-electron chi connectivity index (χ0n) is 8.01. The minimum atomic E-state index is -1.48. The van der Waals surface area contributed by atoms with Gasteiger partial charge in [-0.1, -0.05) is 11.6 Å². The van der Waals surface area contributed by atoms with E-state index < -0.39 is 12.2 Å². The summed E-state index contributed by atoms with van der Waals surface area (Å²) in [6.07, 6.45) is -2.77. The van der Waals surface area contributed by atoms with Gasteiger partial charge in [0.2, 0.25) is 0 Å². The molecule has 0 heterocycles. The van der Waals surface area contributed by atoms with Gasteiger partial charge in [0.1, 0.15) is 11.9 Å². The van der Waals surface area contributed by atoms with E-state index in [1.165, 1.54) is 19.2 Å². The van der Waals surface area contributed by atoms with E-state index in [0.29, 0.717) is 16.3 Å². The van der Waals surface area contributed by atoms with Crippen molar-refractivity contribution in [3.63, 3.8) is 0 Å². The number of aliphatic hydroxyl groups is 2. The first kappa shape index (κ1) is 11.8. The van der Waals surface area contributed by atoms with Gasteiger partial charge in [0, 0.05) is 5.02 Å². The predicted octanol–water partition coefficient (Wildman–Crippen LogP) is 1.27. The van der Waals surface area contributed by atoms with Crippen molar-refractivity contribution in [3.8, 4) is 11.8 Å². The number of rotatable bonds is 3. The van der Waals surface area contributed by atoms with Crippen LogP contribution in [0.1, 0.15) is 11.7 Å². The first-order valence-corrected chi connectivity index (χ1v) is 4.56. The lowest BCUT2D eigenvalue weighted by atomic mass is 10.1. The third kappa shape index (κ3) is 2.83. The number of nitriles is 1. The van der Waals surface area contributed by atoms with Gasteiger partial charge in [0.25, 0.3) is 0 Å². The molecule has 0 amide bonds. The first-order valence-electron chi connectivity index (χ1n) is 4.18. The van der Waals surface area contributed by atoms with E-state index in [9.17, 15) is 5.11 Å². The average molecular weight is 228 g/mol. The molecule has 0 saturated heterocycles. The molecule has 0 saturated carbocycles. The summed E-state index contributed by atoms with van der Waals surface area (Å²) in [4.78, 5) is 0. The number of aliphatic hydroxyl groups excluding tert-OH is 2. The van der Waals surface area contributed by atoms with Crippen LogP contribution in [0.25, 0.3) is 0 Å². The summed E-state index contributed by atoms with van der Waals surface area (Å²) in [5, 5.41) is 27.5. The molecule has 0 aromatic heterocycles. The van der Waals surface area contributed by atoms with Gasteiger partial charge < -0.3 is 14.9 Å². The molecular formula is C10H10ClNO3. The van der Waals surface area contributed by atoms with Gasteiger partial charge in [0.15, 0.2) is 6.10 Å². The lowest BCUT2D eigenvalue weighted by molar-refractivity contribution is 0.0526. The maximum absolute atomic E-state index is 9.55. The van der Waals surface area contributed by atoms with Crippen molar-refractivity contribution in [1.29, 1.82) is 5.26 Å². The molecule has 0 bridgehead atoms. The topological polar surface area (TPSA) is 73.5 Å². The van der Waals surface area contributed by atoms with Crippen LogP contribution in [-0.2, 0) is 0 Å². The first-order chi connectivity index (χ1) is 7.08. The van der Waals surface area contributed by atoms with Crippen LogP contribution in [0.2, 0.25) is 5.02 Å². The molecule has 4 nitrogen and oxygen atoms in total. The summed E-state index contributed by atoms with van der Waals surface area (Å²) < 4.78 is 4.94. The molecule has 15 heavy (non-hydrogen) atoms. The highest BCUT2D eigenvalue weighted by molar-refractivity contribution is 6.30. The molecule has 80 valence electrons. The van der Waals surface area contributed by atoms with E-state index in [2.05, 4.69) is 0 Å². The van der Waals surface area contributed by atoms with E-state index in [4.69, 9.17) is 26.7 Å².